The Balaban J connectivity index is 1.80. The normalized spacial score (nSPS) is 17.8. The zero-order chi connectivity index (χ0) is 17.3. The Morgan fingerprint density at radius 3 is 2.54 bits per heavy atom. The first-order valence-corrected chi connectivity index (χ1v) is 7.93. The Morgan fingerprint density at radius 1 is 1.25 bits per heavy atom. The number of anilines is 1. The molecule has 0 saturated carbocycles. The Labute approximate surface area is 141 Å². The number of aromatic nitrogens is 3. The van der Waals surface area contributed by atoms with E-state index in [-0.39, 0.29) is 17.5 Å². The van der Waals surface area contributed by atoms with Crippen molar-refractivity contribution in [2.24, 2.45) is 10.5 Å². The molecular formula is C17H22N6O. The van der Waals surface area contributed by atoms with Crippen molar-refractivity contribution in [1.29, 1.82) is 0 Å². The number of urea groups is 1. The van der Waals surface area contributed by atoms with E-state index in [0.29, 0.717) is 6.54 Å². The molecule has 2 aromatic rings. The van der Waals surface area contributed by atoms with E-state index in [1.54, 1.807) is 11.0 Å². The number of hydrogen-bond acceptors (Lipinski definition) is 4. The fraction of sp³-hybridized carbons (Fsp3) is 0.412. The molecule has 126 valence electrons. The molecule has 1 N–H and O–H groups in total. The summed E-state index contributed by atoms with van der Waals surface area (Å²) in [7, 11) is 0. The molecule has 1 aromatic heterocycles. The van der Waals surface area contributed by atoms with Crippen LogP contribution in [0.3, 0.4) is 0 Å². The highest BCUT2D eigenvalue weighted by atomic mass is 16.2. The van der Waals surface area contributed by atoms with Crippen LogP contribution < -0.4 is 5.32 Å². The Kier molecular flexibility index (Phi) is 4.09. The molecule has 7 nitrogen and oxygen atoms in total. The number of aryl methyl sites for hydroxylation is 1. The molecule has 1 aliphatic rings. The van der Waals surface area contributed by atoms with Gasteiger partial charge in [0.05, 0.1) is 12.3 Å². The Hall–Kier alpha value is -2.70. The zero-order valence-electron chi connectivity index (χ0n) is 14.4. The van der Waals surface area contributed by atoms with Gasteiger partial charge in [0.15, 0.2) is 0 Å². The number of carbonyl (C=O) groups excluding carboxylic acids is 1. The monoisotopic (exact) mass is 326 g/mol. The van der Waals surface area contributed by atoms with E-state index in [2.05, 4.69) is 41.3 Å². The molecule has 24 heavy (non-hydrogen) atoms. The zero-order valence-corrected chi connectivity index (χ0v) is 14.4. The first-order valence-electron chi connectivity index (χ1n) is 7.93. The van der Waals surface area contributed by atoms with Gasteiger partial charge in [0, 0.05) is 11.1 Å². The molecule has 0 fully saturated rings. The van der Waals surface area contributed by atoms with Crippen molar-refractivity contribution in [3.05, 3.63) is 42.5 Å². The average Bonchev–Trinajstić information content (AvgIpc) is 3.17. The molecule has 0 spiro atoms. The second kappa shape index (κ2) is 6.07. The highest BCUT2D eigenvalue weighted by molar-refractivity contribution is 5.98. The predicted molar refractivity (Wildman–Crippen MR) is 92.9 cm³/mol. The molecule has 0 bridgehead atoms. The highest BCUT2D eigenvalue weighted by Crippen LogP contribution is 2.30. The van der Waals surface area contributed by atoms with E-state index in [4.69, 9.17) is 0 Å². The molecule has 2 heterocycles. The van der Waals surface area contributed by atoms with E-state index in [9.17, 15) is 4.79 Å². The molecule has 1 unspecified atom stereocenters. The second-order valence-corrected chi connectivity index (χ2v) is 7.00. The maximum Gasteiger partial charge on any atom is 0.342 e. The fourth-order valence-corrected chi connectivity index (χ4v) is 2.68. The molecule has 1 aliphatic heterocycles. The Bertz CT molecular complexity index is 742. The first-order chi connectivity index (χ1) is 11.3. The van der Waals surface area contributed by atoms with Crippen LogP contribution in [0.5, 0.6) is 0 Å². The minimum atomic E-state index is -0.247. The second-order valence-electron chi connectivity index (χ2n) is 7.00. The van der Waals surface area contributed by atoms with Crippen LogP contribution in [0.15, 0.2) is 42.0 Å². The molecular weight excluding hydrogens is 304 g/mol. The lowest BCUT2D eigenvalue weighted by Crippen LogP contribution is -2.33. The van der Waals surface area contributed by atoms with Gasteiger partial charge < -0.3 is 5.32 Å². The van der Waals surface area contributed by atoms with Crippen LogP contribution >= 0.6 is 0 Å². The van der Waals surface area contributed by atoms with Crippen molar-refractivity contribution in [2.75, 3.05) is 11.9 Å². The number of benzene rings is 1. The third kappa shape index (κ3) is 3.29. The van der Waals surface area contributed by atoms with Gasteiger partial charge in [-0.15, -0.1) is 0 Å². The van der Waals surface area contributed by atoms with Gasteiger partial charge in [-0.05, 0) is 19.1 Å². The quantitative estimate of drug-likeness (QED) is 0.921. The van der Waals surface area contributed by atoms with Gasteiger partial charge in [-0.25, -0.2) is 19.5 Å². The number of hydrazone groups is 1. The third-order valence-electron chi connectivity index (χ3n) is 3.95. The van der Waals surface area contributed by atoms with Crippen molar-refractivity contribution < 1.29 is 4.79 Å². The van der Waals surface area contributed by atoms with E-state index in [0.717, 1.165) is 17.0 Å². The van der Waals surface area contributed by atoms with Gasteiger partial charge in [-0.1, -0.05) is 38.5 Å². The number of carbonyl (C=O) groups is 1. The van der Waals surface area contributed by atoms with Gasteiger partial charge in [-0.2, -0.15) is 10.2 Å². The van der Waals surface area contributed by atoms with Crippen molar-refractivity contribution in [1.82, 2.24) is 19.8 Å². The maximum atomic E-state index is 12.5. The molecule has 0 radical (unpaired) electrons. The average molecular weight is 326 g/mol. The van der Waals surface area contributed by atoms with E-state index < -0.39 is 0 Å². The summed E-state index contributed by atoms with van der Waals surface area (Å²) in [5, 5.41) is 13.1. The standard InChI is InChI=1S/C17H22N6O/c1-12-5-7-13(8-6-12)20-16(24)22-9-14(23-11-18-10-19-23)15(21-22)17(2,3)4/h5-8,10-11,14H,9H2,1-4H3,(H,20,24). The molecule has 7 heteroatoms. The van der Waals surface area contributed by atoms with Crippen LogP contribution in [0.4, 0.5) is 10.5 Å². The topological polar surface area (TPSA) is 75.4 Å². The van der Waals surface area contributed by atoms with Gasteiger partial charge in [0.1, 0.15) is 18.7 Å². The minimum Gasteiger partial charge on any atom is -0.306 e. The summed E-state index contributed by atoms with van der Waals surface area (Å²) < 4.78 is 1.75. The third-order valence-corrected chi connectivity index (χ3v) is 3.95. The molecule has 0 aliphatic carbocycles. The van der Waals surface area contributed by atoms with Crippen LogP contribution in [0, 0.1) is 12.3 Å². The Morgan fingerprint density at radius 2 is 1.96 bits per heavy atom. The minimum absolute atomic E-state index is 0.101. The summed E-state index contributed by atoms with van der Waals surface area (Å²) in [6, 6.07) is 7.34. The summed E-state index contributed by atoms with van der Waals surface area (Å²) in [5.74, 6) is 0. The largest absolute Gasteiger partial charge is 0.342 e. The predicted octanol–water partition coefficient (Wildman–Crippen LogP) is 3.08. The van der Waals surface area contributed by atoms with Gasteiger partial charge in [0.2, 0.25) is 0 Å². The van der Waals surface area contributed by atoms with Crippen LogP contribution in [0.2, 0.25) is 0 Å². The van der Waals surface area contributed by atoms with E-state index in [1.165, 1.54) is 11.3 Å². The van der Waals surface area contributed by atoms with Crippen molar-refractivity contribution in [3.63, 3.8) is 0 Å². The lowest BCUT2D eigenvalue weighted by molar-refractivity contribution is 0.215. The number of amides is 2. The van der Waals surface area contributed by atoms with Crippen molar-refractivity contribution >= 4 is 17.4 Å². The number of nitrogens with one attached hydrogen (secondary N) is 1. The molecule has 2 amide bonds. The summed E-state index contributed by atoms with van der Waals surface area (Å²) in [5.41, 5.74) is 2.64. The lowest BCUT2D eigenvalue weighted by Gasteiger charge is -2.23. The van der Waals surface area contributed by atoms with Gasteiger partial charge >= 0.3 is 6.03 Å². The van der Waals surface area contributed by atoms with Crippen molar-refractivity contribution in [2.45, 2.75) is 33.7 Å². The van der Waals surface area contributed by atoms with Gasteiger partial charge in [-0.3, -0.25) is 0 Å². The molecule has 3 rings (SSSR count). The molecule has 1 aromatic carbocycles. The molecule has 0 saturated heterocycles. The number of rotatable bonds is 2. The van der Waals surface area contributed by atoms with E-state index in [1.807, 2.05) is 31.2 Å². The SMILES string of the molecule is Cc1ccc(NC(=O)N2CC(n3cncn3)C(C(C)(C)C)=N2)cc1. The maximum absolute atomic E-state index is 12.5. The van der Waals surface area contributed by atoms with Crippen molar-refractivity contribution in [3.8, 4) is 0 Å². The fourth-order valence-electron chi connectivity index (χ4n) is 2.68. The summed E-state index contributed by atoms with van der Waals surface area (Å²) >= 11 is 0. The summed E-state index contributed by atoms with van der Waals surface area (Å²) in [4.78, 5) is 16.6. The van der Waals surface area contributed by atoms with Crippen LogP contribution in [-0.2, 0) is 0 Å². The van der Waals surface area contributed by atoms with Crippen LogP contribution in [0.25, 0.3) is 0 Å². The highest BCUT2D eigenvalue weighted by Gasteiger charge is 2.38. The van der Waals surface area contributed by atoms with Crippen LogP contribution in [-0.4, -0.2) is 38.1 Å². The summed E-state index contributed by atoms with van der Waals surface area (Å²) in [6.07, 6.45) is 3.16. The van der Waals surface area contributed by atoms with Crippen LogP contribution in [0.1, 0.15) is 32.4 Å². The lowest BCUT2D eigenvalue weighted by atomic mass is 9.86. The number of nitrogens with zero attached hydrogens (tertiary/aromatic N) is 5. The molecule has 1 atom stereocenters. The van der Waals surface area contributed by atoms with E-state index >= 15 is 0 Å². The summed E-state index contributed by atoms with van der Waals surface area (Å²) in [6.45, 7) is 8.69. The smallest absolute Gasteiger partial charge is 0.306 e. The van der Waals surface area contributed by atoms with Gasteiger partial charge in [0.25, 0.3) is 0 Å². The number of hydrogen-bond donors (Lipinski definition) is 1. The first kappa shape index (κ1) is 16.2.